The van der Waals surface area contributed by atoms with Crippen LogP contribution in [0.1, 0.15) is 18.1 Å². The van der Waals surface area contributed by atoms with Gasteiger partial charge in [-0.3, -0.25) is 0 Å². The summed E-state index contributed by atoms with van der Waals surface area (Å²) >= 11 is 0. The lowest BCUT2D eigenvalue weighted by atomic mass is 10.1. The molecule has 0 radical (unpaired) electrons. The van der Waals surface area contributed by atoms with Crippen LogP contribution in [0.3, 0.4) is 0 Å². The molecule has 58 valence electrons. The zero-order chi connectivity index (χ0) is 7.40. The van der Waals surface area contributed by atoms with Gasteiger partial charge in [0.25, 0.3) is 0 Å². The second-order valence-electron chi connectivity index (χ2n) is 2.12. The predicted molar refractivity (Wildman–Crippen MR) is 47.8 cm³/mol. The van der Waals surface area contributed by atoms with Gasteiger partial charge in [-0.05, 0) is 18.1 Å². The lowest BCUT2D eigenvalue weighted by Gasteiger charge is -1.96. The third kappa shape index (κ3) is 2.25. The van der Waals surface area contributed by atoms with Crippen LogP contribution in [0.25, 0.3) is 0 Å². The Morgan fingerprint density at radius 3 is 2.45 bits per heavy atom. The van der Waals surface area contributed by atoms with Crippen LogP contribution in [0.2, 0.25) is 0 Å². The van der Waals surface area contributed by atoms with Gasteiger partial charge in [0, 0.05) is 0 Å². The van der Waals surface area contributed by atoms with E-state index in [0.29, 0.717) is 0 Å². The van der Waals surface area contributed by atoms with E-state index in [0.717, 1.165) is 17.5 Å². The number of rotatable bonds is 1. The van der Waals surface area contributed by atoms with Crippen LogP contribution < -0.4 is 0 Å². The number of halogens is 1. The maximum atomic E-state index is 8.60. The zero-order valence-electron chi connectivity index (χ0n) is 6.37. The zero-order valence-corrected chi connectivity index (χ0v) is 7.19. The van der Waals surface area contributed by atoms with E-state index in [1.807, 2.05) is 24.3 Å². The molecule has 0 bridgehead atoms. The predicted octanol–water partition coefficient (Wildman–Crippen LogP) is 2.54. The molecule has 0 spiro atoms. The molecule has 0 amide bonds. The first kappa shape index (κ1) is 10.0. The SMILES string of the molecule is CCc1ccccc1C#N.Cl. The highest BCUT2D eigenvalue weighted by atomic mass is 35.5. The molecule has 1 aromatic rings. The molecule has 0 saturated carbocycles. The highest BCUT2D eigenvalue weighted by Gasteiger charge is 1.94. The Bertz CT molecular complexity index is 263. The van der Waals surface area contributed by atoms with Crippen molar-refractivity contribution < 1.29 is 0 Å². The average Bonchev–Trinajstić information content (AvgIpc) is 2.04. The molecule has 0 saturated heterocycles. The van der Waals surface area contributed by atoms with Gasteiger partial charge in [-0.1, -0.05) is 25.1 Å². The van der Waals surface area contributed by atoms with Crippen molar-refractivity contribution in [3.05, 3.63) is 35.4 Å². The molecular formula is C9H10ClN. The van der Waals surface area contributed by atoms with Gasteiger partial charge in [0.1, 0.15) is 0 Å². The van der Waals surface area contributed by atoms with Crippen molar-refractivity contribution in [3.63, 3.8) is 0 Å². The van der Waals surface area contributed by atoms with Crippen molar-refractivity contribution in [1.29, 1.82) is 5.26 Å². The first-order valence-corrected chi connectivity index (χ1v) is 3.36. The molecule has 0 heterocycles. The van der Waals surface area contributed by atoms with Crippen molar-refractivity contribution in [3.8, 4) is 6.07 Å². The van der Waals surface area contributed by atoms with Gasteiger partial charge in [-0.2, -0.15) is 5.26 Å². The Kier molecular flexibility index (Phi) is 4.33. The van der Waals surface area contributed by atoms with Crippen LogP contribution in [-0.4, -0.2) is 0 Å². The summed E-state index contributed by atoms with van der Waals surface area (Å²) in [6, 6.07) is 9.82. The van der Waals surface area contributed by atoms with Crippen molar-refractivity contribution in [2.75, 3.05) is 0 Å². The highest BCUT2D eigenvalue weighted by Crippen LogP contribution is 2.06. The second kappa shape index (κ2) is 4.76. The summed E-state index contributed by atoms with van der Waals surface area (Å²) in [6.07, 6.45) is 0.934. The maximum Gasteiger partial charge on any atom is 0.0994 e. The fourth-order valence-electron chi connectivity index (χ4n) is 0.938. The number of nitrogens with zero attached hydrogens (tertiary/aromatic N) is 1. The van der Waals surface area contributed by atoms with Gasteiger partial charge in [0.15, 0.2) is 0 Å². The molecule has 1 aromatic carbocycles. The van der Waals surface area contributed by atoms with Crippen LogP contribution in [0.5, 0.6) is 0 Å². The molecule has 0 atom stereocenters. The van der Waals surface area contributed by atoms with Crippen molar-refractivity contribution in [1.82, 2.24) is 0 Å². The van der Waals surface area contributed by atoms with Crippen LogP contribution in [0, 0.1) is 11.3 Å². The van der Waals surface area contributed by atoms with Crippen LogP contribution in [0.15, 0.2) is 24.3 Å². The fourth-order valence-corrected chi connectivity index (χ4v) is 0.938. The summed E-state index contributed by atoms with van der Waals surface area (Å²) in [6.45, 7) is 2.05. The topological polar surface area (TPSA) is 23.8 Å². The monoisotopic (exact) mass is 167 g/mol. The third-order valence-corrected chi connectivity index (χ3v) is 1.52. The summed E-state index contributed by atoms with van der Waals surface area (Å²) in [5.74, 6) is 0. The Morgan fingerprint density at radius 1 is 1.36 bits per heavy atom. The van der Waals surface area contributed by atoms with Gasteiger partial charge in [-0.25, -0.2) is 0 Å². The molecule has 0 N–H and O–H groups in total. The van der Waals surface area contributed by atoms with E-state index in [2.05, 4.69) is 13.0 Å². The number of benzene rings is 1. The molecule has 0 unspecified atom stereocenters. The number of nitriles is 1. The minimum Gasteiger partial charge on any atom is -0.192 e. The van der Waals surface area contributed by atoms with Gasteiger partial charge < -0.3 is 0 Å². The second-order valence-corrected chi connectivity index (χ2v) is 2.12. The molecule has 0 fully saturated rings. The van der Waals surface area contributed by atoms with Crippen molar-refractivity contribution in [2.45, 2.75) is 13.3 Å². The molecule has 0 aliphatic heterocycles. The van der Waals surface area contributed by atoms with Gasteiger partial charge >= 0.3 is 0 Å². The van der Waals surface area contributed by atoms with E-state index < -0.39 is 0 Å². The summed E-state index contributed by atoms with van der Waals surface area (Å²) in [4.78, 5) is 0. The minimum atomic E-state index is 0. The first-order valence-electron chi connectivity index (χ1n) is 3.36. The van der Waals surface area contributed by atoms with E-state index >= 15 is 0 Å². The maximum absolute atomic E-state index is 8.60. The van der Waals surface area contributed by atoms with Crippen LogP contribution >= 0.6 is 12.4 Å². The summed E-state index contributed by atoms with van der Waals surface area (Å²) in [7, 11) is 0. The Labute approximate surface area is 73.1 Å². The summed E-state index contributed by atoms with van der Waals surface area (Å²) < 4.78 is 0. The molecule has 0 aliphatic carbocycles. The smallest absolute Gasteiger partial charge is 0.0994 e. The molecular weight excluding hydrogens is 158 g/mol. The van der Waals surface area contributed by atoms with Crippen molar-refractivity contribution >= 4 is 12.4 Å². The average molecular weight is 168 g/mol. The van der Waals surface area contributed by atoms with E-state index in [9.17, 15) is 0 Å². The van der Waals surface area contributed by atoms with Gasteiger partial charge in [0.05, 0.1) is 11.6 Å². The minimum absolute atomic E-state index is 0. The van der Waals surface area contributed by atoms with E-state index in [1.54, 1.807) is 0 Å². The molecule has 0 aromatic heterocycles. The fraction of sp³-hybridized carbons (Fsp3) is 0.222. The Balaban J connectivity index is 0.000001000. The lowest BCUT2D eigenvalue weighted by Crippen LogP contribution is -1.84. The molecule has 11 heavy (non-hydrogen) atoms. The largest absolute Gasteiger partial charge is 0.192 e. The summed E-state index contributed by atoms with van der Waals surface area (Å²) in [5.41, 5.74) is 1.93. The van der Waals surface area contributed by atoms with Crippen molar-refractivity contribution in [2.24, 2.45) is 0 Å². The van der Waals surface area contributed by atoms with E-state index in [1.165, 1.54) is 0 Å². The normalized spacial score (nSPS) is 8.00. The Morgan fingerprint density at radius 2 is 2.00 bits per heavy atom. The standard InChI is InChI=1S/C9H9N.ClH/c1-2-8-5-3-4-6-9(8)7-10;/h3-6H,2H2,1H3;1H. The quantitative estimate of drug-likeness (QED) is 0.631. The van der Waals surface area contributed by atoms with Gasteiger partial charge in [-0.15, -0.1) is 12.4 Å². The van der Waals surface area contributed by atoms with Gasteiger partial charge in [0.2, 0.25) is 0 Å². The van der Waals surface area contributed by atoms with Crippen LogP contribution in [-0.2, 0) is 6.42 Å². The molecule has 2 heteroatoms. The van der Waals surface area contributed by atoms with E-state index in [4.69, 9.17) is 5.26 Å². The first-order chi connectivity index (χ1) is 4.88. The molecule has 0 aliphatic rings. The van der Waals surface area contributed by atoms with Crippen LogP contribution in [0.4, 0.5) is 0 Å². The highest BCUT2D eigenvalue weighted by molar-refractivity contribution is 5.85. The third-order valence-electron chi connectivity index (χ3n) is 1.52. The van der Waals surface area contributed by atoms with E-state index in [-0.39, 0.29) is 12.4 Å². The molecule has 1 rings (SSSR count). The molecule has 1 nitrogen and oxygen atoms in total. The lowest BCUT2D eigenvalue weighted by molar-refractivity contribution is 1.13. The number of hydrogen-bond acceptors (Lipinski definition) is 1. The Hall–Kier alpha value is -1.00. The number of aryl methyl sites for hydroxylation is 1. The summed E-state index contributed by atoms with van der Waals surface area (Å²) in [5, 5.41) is 8.60. The number of hydrogen-bond donors (Lipinski definition) is 0.